The van der Waals surface area contributed by atoms with Crippen LogP contribution in [0.15, 0.2) is 138 Å². The van der Waals surface area contributed by atoms with Crippen molar-refractivity contribution >= 4 is 78.2 Å². The fourth-order valence-electron chi connectivity index (χ4n) is 4.40. The van der Waals surface area contributed by atoms with Crippen molar-refractivity contribution in [2.24, 2.45) is 10.3 Å². The molecule has 0 amide bonds. The van der Waals surface area contributed by atoms with Gasteiger partial charge >= 0.3 is 19.5 Å². The molecule has 6 aromatic rings. The number of rotatable bonds is 8. The van der Waals surface area contributed by atoms with Gasteiger partial charge in [-0.05, 0) is 72.8 Å². The van der Waals surface area contributed by atoms with Crippen LogP contribution in [0.1, 0.15) is 11.1 Å². The van der Waals surface area contributed by atoms with Crippen LogP contribution >= 0.6 is 24.8 Å². The quantitative estimate of drug-likeness (QED) is 0.153. The van der Waals surface area contributed by atoms with Gasteiger partial charge in [-0.2, -0.15) is 0 Å². The molecule has 0 aliphatic carbocycles. The fourth-order valence-corrected chi connectivity index (χ4v) is 5.43. The second-order valence-corrected chi connectivity index (χ2v) is 13.1. The molecule has 49 heavy (non-hydrogen) atoms. The largest absolute Gasteiger partial charge is 2.00 e. The zero-order valence-corrected chi connectivity index (χ0v) is 31.8. The van der Waals surface area contributed by atoms with Gasteiger partial charge in [-0.15, -0.1) is 24.8 Å². The van der Waals surface area contributed by atoms with E-state index in [1.807, 2.05) is 0 Å². The van der Waals surface area contributed by atoms with Crippen molar-refractivity contribution in [3.63, 3.8) is 0 Å². The summed E-state index contributed by atoms with van der Waals surface area (Å²) in [6.07, 6.45) is 2.85. The van der Waals surface area contributed by atoms with Gasteiger partial charge in [-0.3, -0.25) is 9.59 Å². The van der Waals surface area contributed by atoms with E-state index in [2.05, 4.69) is 10.6 Å². The number of hydrogen-bond donors (Lipinski definition) is 4. The van der Waals surface area contributed by atoms with Crippen LogP contribution in [0.25, 0.3) is 21.9 Å². The van der Waals surface area contributed by atoms with E-state index in [-0.39, 0.29) is 78.0 Å². The molecule has 0 aliphatic rings. The number of nitrogens with two attached hydrogens (primary N) is 2. The SMILES string of the molecule is Cl.Cl.NS(=O)(=O)c1ccc(NCc2coc3ccccc3c2=O)cc1.NS(=O)(=O)c1ccc(NCc2coc3ccccc3c2=O)cc1.[Zn+2]. The van der Waals surface area contributed by atoms with E-state index in [4.69, 9.17) is 19.1 Å². The van der Waals surface area contributed by atoms with Gasteiger partial charge in [0.15, 0.2) is 10.9 Å². The van der Waals surface area contributed by atoms with Crippen LogP contribution in [0.2, 0.25) is 0 Å². The van der Waals surface area contributed by atoms with E-state index in [0.717, 1.165) is 0 Å². The maximum Gasteiger partial charge on any atom is 2.00 e. The second-order valence-electron chi connectivity index (χ2n) is 10.0. The molecule has 0 fully saturated rings. The van der Waals surface area contributed by atoms with E-state index >= 15 is 0 Å². The topological polar surface area (TPSA) is 205 Å². The molecule has 0 radical (unpaired) electrons. The summed E-state index contributed by atoms with van der Waals surface area (Å²) in [4.78, 5) is 24.7. The number of hydrogen-bond acceptors (Lipinski definition) is 10. The van der Waals surface area contributed by atoms with Crippen molar-refractivity contribution in [1.29, 1.82) is 0 Å². The first kappa shape index (κ1) is 41.1. The van der Waals surface area contributed by atoms with Gasteiger partial charge in [0.05, 0.1) is 44.2 Å². The van der Waals surface area contributed by atoms with Crippen LogP contribution in [-0.2, 0) is 52.6 Å². The van der Waals surface area contributed by atoms with E-state index < -0.39 is 20.0 Å². The third-order valence-electron chi connectivity index (χ3n) is 6.83. The average molecular weight is 799 g/mol. The normalized spacial score (nSPS) is 10.8. The Bertz CT molecular complexity index is 2200. The molecule has 17 heteroatoms. The van der Waals surface area contributed by atoms with Crippen LogP contribution < -0.4 is 31.8 Å². The number of fused-ring (bicyclic) bond motifs is 2. The summed E-state index contributed by atoms with van der Waals surface area (Å²) < 4.78 is 55.7. The Hall–Kier alpha value is -4.08. The molecule has 0 saturated heterocycles. The summed E-state index contributed by atoms with van der Waals surface area (Å²) in [5.41, 5.74) is 3.20. The molecule has 0 aliphatic heterocycles. The summed E-state index contributed by atoms with van der Waals surface area (Å²) in [5, 5.41) is 17.2. The van der Waals surface area contributed by atoms with Crippen molar-refractivity contribution in [3.05, 3.63) is 141 Å². The van der Waals surface area contributed by atoms with Crippen molar-refractivity contribution in [2.75, 3.05) is 10.6 Å². The van der Waals surface area contributed by atoms with Gasteiger partial charge in [0, 0.05) is 24.5 Å². The van der Waals surface area contributed by atoms with Crippen LogP contribution in [0.3, 0.4) is 0 Å². The zero-order valence-electron chi connectivity index (χ0n) is 25.6. The Balaban J connectivity index is 0.000000321. The molecule has 2 aromatic heterocycles. The van der Waals surface area contributed by atoms with Gasteiger partial charge in [0.25, 0.3) is 0 Å². The minimum Gasteiger partial charge on any atom is -0.464 e. The van der Waals surface area contributed by atoms with E-state index in [9.17, 15) is 26.4 Å². The molecular weight excluding hydrogens is 769 g/mol. The minimum atomic E-state index is -3.71. The Kier molecular flexibility index (Phi) is 14.7. The first-order chi connectivity index (χ1) is 21.9. The number of nitrogens with one attached hydrogen (secondary N) is 2. The Morgan fingerprint density at radius 2 is 0.857 bits per heavy atom. The molecule has 0 bridgehead atoms. The van der Waals surface area contributed by atoms with Crippen LogP contribution in [-0.4, -0.2) is 16.8 Å². The first-order valence-corrected chi connectivity index (χ1v) is 16.7. The summed E-state index contributed by atoms with van der Waals surface area (Å²) in [6.45, 7) is 0.532. The van der Waals surface area contributed by atoms with Crippen molar-refractivity contribution in [3.8, 4) is 0 Å². The summed E-state index contributed by atoms with van der Waals surface area (Å²) in [6, 6.07) is 26.0. The maximum absolute atomic E-state index is 12.3. The molecule has 252 valence electrons. The number of primary sulfonamides is 2. The monoisotopic (exact) mass is 796 g/mol. The van der Waals surface area contributed by atoms with Gasteiger partial charge in [-0.25, -0.2) is 27.1 Å². The molecule has 6 N–H and O–H groups in total. The molecule has 0 unspecified atom stereocenters. The third kappa shape index (κ3) is 10.5. The minimum absolute atomic E-state index is 0. The summed E-state index contributed by atoms with van der Waals surface area (Å²) in [7, 11) is -7.42. The molecule has 4 aromatic carbocycles. The van der Waals surface area contributed by atoms with Crippen LogP contribution in [0, 0.1) is 0 Å². The zero-order chi connectivity index (χ0) is 32.9. The fraction of sp³-hybridized carbons (Fsp3) is 0.0625. The van der Waals surface area contributed by atoms with E-state index in [0.29, 0.717) is 44.4 Å². The molecular formula is C32H30Cl2N4O8S2Zn+2. The third-order valence-corrected chi connectivity index (χ3v) is 8.69. The number of para-hydroxylation sites is 2. The van der Waals surface area contributed by atoms with Gasteiger partial charge in [0.2, 0.25) is 20.0 Å². The number of benzene rings is 4. The predicted molar refractivity (Wildman–Crippen MR) is 190 cm³/mol. The summed E-state index contributed by atoms with van der Waals surface area (Å²) in [5.74, 6) is 0. The molecule has 6 rings (SSSR count). The van der Waals surface area contributed by atoms with Crippen LogP contribution in [0.4, 0.5) is 11.4 Å². The Labute approximate surface area is 306 Å². The number of halogens is 2. The maximum atomic E-state index is 12.3. The van der Waals surface area contributed by atoms with Crippen molar-refractivity contribution < 1.29 is 45.1 Å². The molecule has 2 heterocycles. The Morgan fingerprint density at radius 3 is 1.18 bits per heavy atom. The standard InChI is InChI=1S/2C16H14N2O4S.2ClH.Zn/c2*17-23(20,21)13-7-5-12(6-8-13)18-9-11-10-22-15-4-2-1-3-14(15)16(11)19;;;/h2*1-8,10,18H,9H2,(H2,17,20,21);2*1H;/q;;;;+2. The predicted octanol–water partition coefficient (Wildman–Crippen LogP) is 4.95. The number of anilines is 2. The second kappa shape index (κ2) is 17.5. The number of sulfonamides is 2. The molecule has 12 nitrogen and oxygen atoms in total. The van der Waals surface area contributed by atoms with Gasteiger partial charge in [-0.1, -0.05) is 24.3 Å². The van der Waals surface area contributed by atoms with Crippen molar-refractivity contribution in [1.82, 2.24) is 0 Å². The molecule has 0 saturated carbocycles. The Morgan fingerprint density at radius 1 is 0.531 bits per heavy atom. The van der Waals surface area contributed by atoms with Crippen molar-refractivity contribution in [2.45, 2.75) is 22.9 Å². The molecule has 0 atom stereocenters. The van der Waals surface area contributed by atoms with Crippen LogP contribution in [0.5, 0.6) is 0 Å². The first-order valence-electron chi connectivity index (χ1n) is 13.6. The van der Waals surface area contributed by atoms with E-state index in [1.54, 1.807) is 72.8 Å². The van der Waals surface area contributed by atoms with Gasteiger partial charge in [0.1, 0.15) is 11.2 Å². The molecule has 0 spiro atoms. The van der Waals surface area contributed by atoms with E-state index in [1.165, 1.54) is 36.8 Å². The average Bonchev–Trinajstić information content (AvgIpc) is 3.04. The summed E-state index contributed by atoms with van der Waals surface area (Å²) >= 11 is 0. The van der Waals surface area contributed by atoms with Gasteiger partial charge < -0.3 is 19.5 Å². The smallest absolute Gasteiger partial charge is 0.464 e.